The van der Waals surface area contributed by atoms with E-state index in [0.29, 0.717) is 11.9 Å². The van der Waals surface area contributed by atoms with Crippen LogP contribution in [0, 0.1) is 0 Å². The Morgan fingerprint density at radius 1 is 1.53 bits per heavy atom. The summed E-state index contributed by atoms with van der Waals surface area (Å²) in [6, 6.07) is 0. The van der Waals surface area contributed by atoms with Gasteiger partial charge < -0.3 is 10.1 Å². The predicted octanol–water partition coefficient (Wildman–Crippen LogP) is 2.97. The quantitative estimate of drug-likeness (QED) is 0.863. The highest BCUT2D eigenvalue weighted by molar-refractivity contribution is 7.99. The number of hydrogen-bond donors (Lipinski definition) is 1. The minimum atomic E-state index is 0.631. The Morgan fingerprint density at radius 2 is 2.41 bits per heavy atom. The van der Waals surface area contributed by atoms with Crippen LogP contribution in [0.3, 0.4) is 0 Å². The second kappa shape index (κ2) is 6.73. The summed E-state index contributed by atoms with van der Waals surface area (Å²) in [7, 11) is 1.74. The molecule has 1 aromatic heterocycles. The molecule has 96 valence electrons. The van der Waals surface area contributed by atoms with Crippen molar-refractivity contribution in [3.8, 4) is 0 Å². The largest absolute Gasteiger partial charge is 0.378 e. The van der Waals surface area contributed by atoms with Gasteiger partial charge in [-0.15, -0.1) is 11.3 Å². The molecular formula is C12H20N2OS2. The van der Waals surface area contributed by atoms with Crippen molar-refractivity contribution < 1.29 is 4.74 Å². The third kappa shape index (κ3) is 3.44. The molecule has 2 rings (SSSR count). The summed E-state index contributed by atoms with van der Waals surface area (Å²) < 4.78 is 5.23. The molecule has 3 nitrogen and oxygen atoms in total. The van der Waals surface area contributed by atoms with E-state index in [1.165, 1.54) is 28.5 Å². The lowest BCUT2D eigenvalue weighted by atomic mass is 10.2. The van der Waals surface area contributed by atoms with Crippen molar-refractivity contribution >= 4 is 23.1 Å². The van der Waals surface area contributed by atoms with Gasteiger partial charge in [0, 0.05) is 18.5 Å². The fraction of sp³-hybridized carbons (Fsp3) is 0.750. The SMILES string of the molecule is CCNCc1sc(C2CCCS2)nc1COC. The highest BCUT2D eigenvalue weighted by atomic mass is 32.2. The molecular weight excluding hydrogens is 252 g/mol. The smallest absolute Gasteiger partial charge is 0.106 e. The van der Waals surface area contributed by atoms with Crippen LogP contribution in [-0.2, 0) is 17.9 Å². The van der Waals surface area contributed by atoms with E-state index in [1.54, 1.807) is 7.11 Å². The molecule has 1 fully saturated rings. The van der Waals surface area contributed by atoms with E-state index >= 15 is 0 Å². The first kappa shape index (κ1) is 13.3. The van der Waals surface area contributed by atoms with E-state index in [4.69, 9.17) is 9.72 Å². The van der Waals surface area contributed by atoms with E-state index in [9.17, 15) is 0 Å². The van der Waals surface area contributed by atoms with Gasteiger partial charge in [0.05, 0.1) is 17.6 Å². The van der Waals surface area contributed by atoms with Gasteiger partial charge in [0.1, 0.15) is 5.01 Å². The maximum atomic E-state index is 5.23. The topological polar surface area (TPSA) is 34.2 Å². The molecule has 1 aliphatic heterocycles. The van der Waals surface area contributed by atoms with Gasteiger partial charge in [0.2, 0.25) is 0 Å². The second-order valence-corrected chi connectivity index (χ2v) is 6.56. The van der Waals surface area contributed by atoms with Crippen LogP contribution in [0.1, 0.15) is 40.6 Å². The minimum Gasteiger partial charge on any atom is -0.378 e. The molecule has 0 bridgehead atoms. The summed E-state index contributed by atoms with van der Waals surface area (Å²) in [5.74, 6) is 1.28. The first-order valence-corrected chi connectivity index (χ1v) is 8.01. The zero-order valence-corrected chi connectivity index (χ0v) is 12.1. The molecule has 17 heavy (non-hydrogen) atoms. The van der Waals surface area contributed by atoms with Crippen molar-refractivity contribution in [1.82, 2.24) is 10.3 Å². The molecule has 1 unspecified atom stereocenters. The van der Waals surface area contributed by atoms with Gasteiger partial charge >= 0.3 is 0 Å². The second-order valence-electron chi connectivity index (χ2n) is 4.14. The third-order valence-electron chi connectivity index (χ3n) is 2.82. The van der Waals surface area contributed by atoms with Crippen LogP contribution in [-0.4, -0.2) is 24.4 Å². The summed E-state index contributed by atoms with van der Waals surface area (Å²) in [6.45, 7) is 4.68. The Morgan fingerprint density at radius 3 is 3.06 bits per heavy atom. The summed E-state index contributed by atoms with van der Waals surface area (Å²) in [4.78, 5) is 6.11. The highest BCUT2D eigenvalue weighted by Crippen LogP contribution is 2.42. The maximum Gasteiger partial charge on any atom is 0.106 e. The normalized spacial score (nSPS) is 20.0. The average Bonchev–Trinajstić information content (AvgIpc) is 2.95. The number of nitrogens with zero attached hydrogens (tertiary/aromatic N) is 1. The van der Waals surface area contributed by atoms with Crippen molar-refractivity contribution in [3.63, 3.8) is 0 Å². The number of aromatic nitrogens is 1. The van der Waals surface area contributed by atoms with E-state index in [1.807, 2.05) is 23.1 Å². The molecule has 0 radical (unpaired) electrons. The molecule has 0 spiro atoms. The Labute approximate surface area is 111 Å². The molecule has 1 atom stereocenters. The minimum absolute atomic E-state index is 0.631. The van der Waals surface area contributed by atoms with Gasteiger partial charge in [-0.2, -0.15) is 11.8 Å². The monoisotopic (exact) mass is 272 g/mol. The van der Waals surface area contributed by atoms with Gasteiger partial charge in [0.15, 0.2) is 0 Å². The van der Waals surface area contributed by atoms with E-state index in [0.717, 1.165) is 18.8 Å². The van der Waals surface area contributed by atoms with Crippen LogP contribution in [0.2, 0.25) is 0 Å². The first-order valence-electron chi connectivity index (χ1n) is 6.15. The van der Waals surface area contributed by atoms with Crippen molar-refractivity contribution in [1.29, 1.82) is 0 Å². The molecule has 0 aromatic carbocycles. The molecule has 2 heterocycles. The van der Waals surface area contributed by atoms with E-state index in [2.05, 4.69) is 12.2 Å². The fourth-order valence-corrected chi connectivity index (χ4v) is 4.49. The van der Waals surface area contributed by atoms with Gasteiger partial charge in [0.25, 0.3) is 0 Å². The van der Waals surface area contributed by atoms with Crippen LogP contribution in [0.4, 0.5) is 0 Å². The lowest BCUT2D eigenvalue weighted by molar-refractivity contribution is 0.181. The van der Waals surface area contributed by atoms with Gasteiger partial charge in [-0.05, 0) is 25.1 Å². The Bertz CT molecular complexity index is 348. The van der Waals surface area contributed by atoms with Crippen LogP contribution < -0.4 is 5.32 Å². The maximum absolute atomic E-state index is 5.23. The average molecular weight is 272 g/mol. The lowest BCUT2D eigenvalue weighted by Crippen LogP contribution is -2.12. The van der Waals surface area contributed by atoms with Crippen molar-refractivity contribution in [2.45, 2.75) is 38.2 Å². The lowest BCUT2D eigenvalue weighted by Gasteiger charge is -2.01. The third-order valence-corrected chi connectivity index (χ3v) is 5.56. The van der Waals surface area contributed by atoms with Crippen LogP contribution in [0.15, 0.2) is 0 Å². The number of nitrogens with one attached hydrogen (secondary N) is 1. The Hall–Kier alpha value is -0.100. The van der Waals surface area contributed by atoms with Gasteiger partial charge in [-0.1, -0.05) is 6.92 Å². The molecule has 1 N–H and O–H groups in total. The summed E-state index contributed by atoms with van der Waals surface area (Å²) in [5, 5.41) is 5.30. The number of thioether (sulfide) groups is 1. The Kier molecular flexibility index (Phi) is 5.28. The van der Waals surface area contributed by atoms with Crippen molar-refractivity contribution in [3.05, 3.63) is 15.6 Å². The number of thiazole rings is 1. The van der Waals surface area contributed by atoms with E-state index in [-0.39, 0.29) is 0 Å². The zero-order chi connectivity index (χ0) is 12.1. The summed E-state index contributed by atoms with van der Waals surface area (Å²) in [6.07, 6.45) is 2.61. The summed E-state index contributed by atoms with van der Waals surface area (Å²) >= 11 is 3.91. The Balaban J connectivity index is 2.11. The molecule has 5 heteroatoms. The summed E-state index contributed by atoms with van der Waals surface area (Å²) in [5.41, 5.74) is 1.13. The number of hydrogen-bond acceptors (Lipinski definition) is 5. The number of rotatable bonds is 6. The fourth-order valence-electron chi connectivity index (χ4n) is 1.94. The highest BCUT2D eigenvalue weighted by Gasteiger charge is 2.22. The van der Waals surface area contributed by atoms with Crippen LogP contribution in [0.5, 0.6) is 0 Å². The van der Waals surface area contributed by atoms with Crippen molar-refractivity contribution in [2.24, 2.45) is 0 Å². The standard InChI is InChI=1S/C12H20N2OS2/c1-3-13-7-11-9(8-15-2)14-12(17-11)10-5-4-6-16-10/h10,13H,3-8H2,1-2H3. The molecule has 1 saturated heterocycles. The number of ether oxygens (including phenoxy) is 1. The molecule has 1 aliphatic rings. The van der Waals surface area contributed by atoms with E-state index < -0.39 is 0 Å². The molecule has 1 aromatic rings. The van der Waals surface area contributed by atoms with Crippen molar-refractivity contribution in [2.75, 3.05) is 19.4 Å². The van der Waals surface area contributed by atoms with Gasteiger partial charge in [-0.25, -0.2) is 4.98 Å². The van der Waals surface area contributed by atoms with Crippen LogP contribution >= 0.6 is 23.1 Å². The predicted molar refractivity (Wildman–Crippen MR) is 74.6 cm³/mol. The zero-order valence-electron chi connectivity index (χ0n) is 10.5. The van der Waals surface area contributed by atoms with Crippen LogP contribution in [0.25, 0.3) is 0 Å². The van der Waals surface area contributed by atoms with Gasteiger partial charge in [-0.3, -0.25) is 0 Å². The molecule has 0 amide bonds. The molecule has 0 saturated carbocycles. The first-order chi connectivity index (χ1) is 8.35. The molecule has 0 aliphatic carbocycles. The number of methoxy groups -OCH3 is 1.